The molecule has 6 nitrogen and oxygen atoms in total. The molecule has 1 atom stereocenters. The molecular weight excluding hydrogens is 513 g/mol. The highest BCUT2D eigenvalue weighted by Crippen LogP contribution is 2.38. The van der Waals surface area contributed by atoms with E-state index in [0.717, 1.165) is 35.5 Å². The Balaban J connectivity index is 1.38. The lowest BCUT2D eigenvalue weighted by Gasteiger charge is -2.25. The van der Waals surface area contributed by atoms with Crippen LogP contribution in [0.15, 0.2) is 82.8 Å². The average Bonchev–Trinajstić information content (AvgIpc) is 3.21. The Hall–Kier alpha value is -3.63. The number of alkyl halides is 3. The van der Waals surface area contributed by atoms with Crippen molar-refractivity contribution in [2.45, 2.75) is 12.2 Å². The van der Waals surface area contributed by atoms with Crippen LogP contribution in [0.2, 0.25) is 5.02 Å². The van der Waals surface area contributed by atoms with Crippen molar-refractivity contribution in [3.63, 3.8) is 0 Å². The molecule has 1 N–H and O–H groups in total. The number of hydrogen-bond donors (Lipinski definition) is 1. The average molecular weight is 529 g/mol. The van der Waals surface area contributed by atoms with Crippen LogP contribution in [0.3, 0.4) is 0 Å². The topological polar surface area (TPSA) is 74.1 Å². The molecule has 36 heavy (non-hydrogen) atoms. The zero-order chi connectivity index (χ0) is 25.4. The summed E-state index contributed by atoms with van der Waals surface area (Å²) in [6, 6.07) is 18.3. The summed E-state index contributed by atoms with van der Waals surface area (Å²) < 4.78 is 39.1. The molecule has 0 unspecified atom stereocenters. The van der Waals surface area contributed by atoms with E-state index in [4.69, 9.17) is 11.6 Å². The molecule has 2 amide bonds. The molecule has 0 fully saturated rings. The lowest BCUT2D eigenvalue weighted by atomic mass is 10.1. The zero-order valence-corrected chi connectivity index (χ0v) is 19.9. The second kappa shape index (κ2) is 9.44. The number of para-hydroxylation sites is 1. The number of hydrogen-bond acceptors (Lipinski definition) is 5. The predicted molar refractivity (Wildman–Crippen MR) is 134 cm³/mol. The van der Waals surface area contributed by atoms with Crippen LogP contribution in [0.25, 0.3) is 0 Å². The van der Waals surface area contributed by atoms with Crippen molar-refractivity contribution < 1.29 is 22.8 Å². The zero-order valence-electron chi connectivity index (χ0n) is 18.3. The van der Waals surface area contributed by atoms with Gasteiger partial charge >= 0.3 is 6.18 Å². The van der Waals surface area contributed by atoms with E-state index in [-0.39, 0.29) is 27.5 Å². The van der Waals surface area contributed by atoms with Crippen molar-refractivity contribution in [3.8, 4) is 0 Å². The van der Waals surface area contributed by atoms with Gasteiger partial charge in [0.25, 0.3) is 5.91 Å². The first-order valence-corrected chi connectivity index (χ1v) is 12.0. The largest absolute Gasteiger partial charge is 0.416 e. The van der Waals surface area contributed by atoms with Gasteiger partial charge in [-0.15, -0.1) is 0 Å². The molecule has 3 aromatic rings. The lowest BCUT2D eigenvalue weighted by Crippen LogP contribution is -2.40. The summed E-state index contributed by atoms with van der Waals surface area (Å²) in [7, 11) is 0. The number of aliphatic imine (C=N–C) groups is 2. The summed E-state index contributed by atoms with van der Waals surface area (Å²) >= 11 is 6.96. The SMILES string of the molecule is O=C(CSC1=Nc2ccccc2C2=N[C@H](c3ccccc3)C(=O)N12)Nc1cc(C(F)(F)F)ccc1Cl. The van der Waals surface area contributed by atoms with Crippen LogP contribution < -0.4 is 5.32 Å². The number of thioether (sulfide) groups is 1. The highest BCUT2D eigenvalue weighted by atomic mass is 35.5. The fourth-order valence-corrected chi connectivity index (χ4v) is 4.78. The molecule has 0 aliphatic carbocycles. The Morgan fingerprint density at radius 1 is 1.06 bits per heavy atom. The molecule has 0 saturated carbocycles. The minimum absolute atomic E-state index is 0.0277. The summed E-state index contributed by atoms with van der Waals surface area (Å²) in [5, 5.41) is 2.63. The van der Waals surface area contributed by atoms with E-state index in [1.54, 1.807) is 12.1 Å². The third-order valence-corrected chi connectivity index (χ3v) is 6.75. The number of amidine groups is 2. The first kappa shape index (κ1) is 24.1. The number of halogens is 4. The fourth-order valence-electron chi connectivity index (χ4n) is 3.81. The number of nitrogens with one attached hydrogen (secondary N) is 1. The van der Waals surface area contributed by atoms with Gasteiger partial charge in [0, 0.05) is 5.56 Å². The Morgan fingerprint density at radius 3 is 2.53 bits per heavy atom. The van der Waals surface area contributed by atoms with Crippen LogP contribution in [0.5, 0.6) is 0 Å². The first-order chi connectivity index (χ1) is 17.2. The van der Waals surface area contributed by atoms with E-state index in [0.29, 0.717) is 17.1 Å². The Kier molecular flexibility index (Phi) is 6.31. The molecule has 0 saturated heterocycles. The Morgan fingerprint density at radius 2 is 1.78 bits per heavy atom. The minimum Gasteiger partial charge on any atom is -0.324 e. The maximum atomic E-state index is 13.4. The van der Waals surface area contributed by atoms with Crippen LogP contribution in [0, 0.1) is 0 Å². The summed E-state index contributed by atoms with van der Waals surface area (Å²) in [5.74, 6) is -0.699. The molecular formula is C25H16ClF3N4O2S. The van der Waals surface area contributed by atoms with E-state index in [1.807, 2.05) is 42.5 Å². The number of nitrogens with zero attached hydrogens (tertiary/aromatic N) is 3. The number of rotatable bonds is 4. The van der Waals surface area contributed by atoms with Gasteiger partial charge in [-0.25, -0.2) is 14.9 Å². The van der Waals surface area contributed by atoms with Crippen molar-refractivity contribution in [3.05, 3.63) is 94.5 Å². The monoisotopic (exact) mass is 528 g/mol. The predicted octanol–water partition coefficient (Wildman–Crippen LogP) is 6.06. The van der Waals surface area contributed by atoms with Crippen LogP contribution >= 0.6 is 23.4 Å². The number of carbonyl (C=O) groups is 2. The molecule has 2 heterocycles. The third kappa shape index (κ3) is 4.61. The van der Waals surface area contributed by atoms with Crippen LogP contribution in [0.1, 0.15) is 22.7 Å². The van der Waals surface area contributed by atoms with Crippen molar-refractivity contribution in [2.24, 2.45) is 9.98 Å². The van der Waals surface area contributed by atoms with Gasteiger partial charge in [-0.2, -0.15) is 13.2 Å². The molecule has 0 spiro atoms. The standard InChI is InChI=1S/C25H16ClF3N4O2S/c26-17-11-10-15(25(27,28)29)12-19(17)30-20(34)13-36-24-31-18-9-5-4-8-16(18)22-32-21(23(35)33(22)24)14-6-2-1-3-7-14/h1-12,21H,13H2,(H,30,34)/t21-/m1/s1. The Bertz CT molecular complexity index is 1430. The summed E-state index contributed by atoms with van der Waals surface area (Å²) in [4.78, 5) is 36.6. The number of anilines is 1. The number of carbonyl (C=O) groups excluding carboxylic acids is 2. The molecule has 2 aliphatic rings. The van der Waals surface area contributed by atoms with Gasteiger partial charge in [-0.1, -0.05) is 65.8 Å². The van der Waals surface area contributed by atoms with E-state index in [1.165, 1.54) is 4.90 Å². The quantitative estimate of drug-likeness (QED) is 0.447. The minimum atomic E-state index is -4.58. The van der Waals surface area contributed by atoms with Crippen molar-refractivity contribution in [1.29, 1.82) is 0 Å². The molecule has 0 bridgehead atoms. The van der Waals surface area contributed by atoms with Crippen molar-refractivity contribution in [1.82, 2.24) is 4.90 Å². The normalized spacial score (nSPS) is 16.7. The number of benzene rings is 3. The van der Waals surface area contributed by atoms with Gasteiger partial charge in [0.1, 0.15) is 5.84 Å². The maximum Gasteiger partial charge on any atom is 0.416 e. The summed E-state index contributed by atoms with van der Waals surface area (Å²) in [6.45, 7) is 0. The lowest BCUT2D eigenvalue weighted by molar-refractivity contribution is -0.137. The Labute approximate surface area is 212 Å². The molecule has 0 radical (unpaired) electrons. The second-order valence-corrected chi connectivity index (χ2v) is 9.23. The van der Waals surface area contributed by atoms with Gasteiger partial charge in [0.2, 0.25) is 5.91 Å². The smallest absolute Gasteiger partial charge is 0.324 e. The van der Waals surface area contributed by atoms with Gasteiger partial charge in [0.15, 0.2) is 11.2 Å². The molecule has 182 valence electrons. The number of fused-ring (bicyclic) bond motifs is 3. The van der Waals surface area contributed by atoms with E-state index in [2.05, 4.69) is 15.3 Å². The van der Waals surface area contributed by atoms with E-state index < -0.39 is 23.7 Å². The fraction of sp³-hybridized carbons (Fsp3) is 0.120. The third-order valence-electron chi connectivity index (χ3n) is 5.49. The van der Waals surface area contributed by atoms with E-state index in [9.17, 15) is 22.8 Å². The number of amides is 2. The van der Waals surface area contributed by atoms with Gasteiger partial charge in [0.05, 0.1) is 27.7 Å². The second-order valence-electron chi connectivity index (χ2n) is 7.88. The van der Waals surface area contributed by atoms with Crippen molar-refractivity contribution in [2.75, 3.05) is 11.1 Å². The molecule has 5 rings (SSSR count). The summed E-state index contributed by atoms with van der Waals surface area (Å²) in [6.07, 6.45) is -4.58. The van der Waals surface area contributed by atoms with Crippen LogP contribution in [-0.2, 0) is 15.8 Å². The molecule has 3 aromatic carbocycles. The molecule has 0 aromatic heterocycles. The first-order valence-electron chi connectivity index (χ1n) is 10.7. The van der Waals surface area contributed by atoms with Gasteiger partial charge in [-0.3, -0.25) is 9.59 Å². The van der Waals surface area contributed by atoms with E-state index >= 15 is 0 Å². The highest BCUT2D eigenvalue weighted by Gasteiger charge is 2.42. The van der Waals surface area contributed by atoms with Gasteiger partial charge in [-0.05, 0) is 35.9 Å². The molecule has 11 heteroatoms. The summed E-state index contributed by atoms with van der Waals surface area (Å²) in [5.41, 5.74) is 0.921. The molecule has 2 aliphatic heterocycles. The highest BCUT2D eigenvalue weighted by molar-refractivity contribution is 8.14. The maximum absolute atomic E-state index is 13.4. The van der Waals surface area contributed by atoms with Crippen LogP contribution in [-0.4, -0.2) is 33.5 Å². The van der Waals surface area contributed by atoms with Crippen molar-refractivity contribution >= 4 is 57.6 Å². The van der Waals surface area contributed by atoms with Crippen LogP contribution in [0.4, 0.5) is 24.5 Å². The van der Waals surface area contributed by atoms with Gasteiger partial charge < -0.3 is 5.32 Å².